The second-order valence-corrected chi connectivity index (χ2v) is 6.76. The summed E-state index contributed by atoms with van der Waals surface area (Å²) in [7, 11) is 2.18. The Balaban J connectivity index is 1.85. The number of nitrogens with one attached hydrogen (secondary N) is 1. The highest BCUT2D eigenvalue weighted by Gasteiger charge is 2.24. The van der Waals surface area contributed by atoms with Crippen LogP contribution >= 0.6 is 11.6 Å². The molecule has 4 rings (SSSR count). The summed E-state index contributed by atoms with van der Waals surface area (Å²) in [4.78, 5) is 7.26. The van der Waals surface area contributed by atoms with Gasteiger partial charge in [0.05, 0.1) is 5.52 Å². The summed E-state index contributed by atoms with van der Waals surface area (Å²) < 4.78 is 0. The molecule has 0 spiro atoms. The molecule has 1 aromatic heterocycles. The standard InChI is InChI=1S/C17H20ClN3/c1-21-7-6-17-15(10-21)14(9-19-12-3-4-12)13-8-11(18)2-5-16(13)20-17/h2,5,8,12,19H,3-4,6-7,9-10H2,1H3. The second-order valence-electron chi connectivity index (χ2n) is 6.32. The Morgan fingerprint density at radius 3 is 3.05 bits per heavy atom. The Morgan fingerprint density at radius 2 is 2.24 bits per heavy atom. The fraction of sp³-hybridized carbons (Fsp3) is 0.471. The number of hydrogen-bond donors (Lipinski definition) is 1. The third-order valence-electron chi connectivity index (χ3n) is 4.55. The molecule has 110 valence electrons. The molecule has 2 aliphatic rings. The summed E-state index contributed by atoms with van der Waals surface area (Å²) in [5.74, 6) is 0. The summed E-state index contributed by atoms with van der Waals surface area (Å²) in [6, 6.07) is 6.78. The zero-order valence-corrected chi connectivity index (χ0v) is 13.1. The molecule has 2 heterocycles. The molecule has 1 fully saturated rings. The maximum Gasteiger partial charge on any atom is 0.0709 e. The Labute approximate surface area is 130 Å². The molecule has 0 radical (unpaired) electrons. The van der Waals surface area contributed by atoms with Crippen LogP contribution in [-0.4, -0.2) is 29.5 Å². The van der Waals surface area contributed by atoms with Gasteiger partial charge in [-0.1, -0.05) is 11.6 Å². The van der Waals surface area contributed by atoms with Crippen molar-refractivity contribution in [3.05, 3.63) is 40.0 Å². The topological polar surface area (TPSA) is 28.2 Å². The van der Waals surface area contributed by atoms with Gasteiger partial charge >= 0.3 is 0 Å². The van der Waals surface area contributed by atoms with Crippen LogP contribution in [0, 0.1) is 0 Å². The first-order valence-electron chi connectivity index (χ1n) is 7.72. The monoisotopic (exact) mass is 301 g/mol. The minimum atomic E-state index is 0.712. The van der Waals surface area contributed by atoms with Crippen LogP contribution in [-0.2, 0) is 19.5 Å². The smallest absolute Gasteiger partial charge is 0.0709 e. The molecular formula is C17H20ClN3. The highest BCUT2D eigenvalue weighted by atomic mass is 35.5. The Kier molecular flexibility index (Phi) is 3.37. The van der Waals surface area contributed by atoms with Gasteiger partial charge in [-0.15, -0.1) is 0 Å². The minimum Gasteiger partial charge on any atom is -0.310 e. The van der Waals surface area contributed by atoms with Crippen molar-refractivity contribution in [3.63, 3.8) is 0 Å². The molecule has 1 aliphatic heterocycles. The summed E-state index contributed by atoms with van der Waals surface area (Å²) in [6.45, 7) is 3.02. The first-order chi connectivity index (χ1) is 10.2. The van der Waals surface area contributed by atoms with Crippen molar-refractivity contribution in [3.8, 4) is 0 Å². The summed E-state index contributed by atoms with van der Waals surface area (Å²) in [5.41, 5.74) is 5.16. The molecule has 1 saturated carbocycles. The third-order valence-corrected chi connectivity index (χ3v) is 4.79. The van der Waals surface area contributed by atoms with E-state index in [9.17, 15) is 0 Å². The van der Waals surface area contributed by atoms with Crippen LogP contribution in [0.5, 0.6) is 0 Å². The molecule has 0 amide bonds. The van der Waals surface area contributed by atoms with Crippen LogP contribution in [0.3, 0.4) is 0 Å². The van der Waals surface area contributed by atoms with E-state index >= 15 is 0 Å². The zero-order chi connectivity index (χ0) is 14.4. The molecule has 0 saturated heterocycles. The first-order valence-corrected chi connectivity index (χ1v) is 8.10. The molecule has 3 nitrogen and oxygen atoms in total. The summed E-state index contributed by atoms with van der Waals surface area (Å²) in [6.07, 6.45) is 3.67. The first kappa shape index (κ1) is 13.5. The van der Waals surface area contributed by atoms with Gasteiger partial charge < -0.3 is 10.2 Å². The normalized spacial score (nSPS) is 19.0. The van der Waals surface area contributed by atoms with E-state index in [0.717, 1.165) is 36.6 Å². The van der Waals surface area contributed by atoms with E-state index < -0.39 is 0 Å². The highest BCUT2D eigenvalue weighted by molar-refractivity contribution is 6.31. The SMILES string of the molecule is CN1CCc2nc3ccc(Cl)cc3c(CNC3CC3)c2C1. The largest absolute Gasteiger partial charge is 0.310 e. The van der Waals surface area contributed by atoms with Gasteiger partial charge in [0.15, 0.2) is 0 Å². The van der Waals surface area contributed by atoms with Crippen LogP contribution in [0.2, 0.25) is 5.02 Å². The Bertz CT molecular complexity index is 694. The fourth-order valence-corrected chi connectivity index (χ4v) is 3.34. The van der Waals surface area contributed by atoms with Crippen molar-refractivity contribution in [1.29, 1.82) is 0 Å². The number of likely N-dealkylation sites (N-methyl/N-ethyl adjacent to an activating group) is 1. The number of hydrogen-bond acceptors (Lipinski definition) is 3. The van der Waals surface area contributed by atoms with Gasteiger partial charge in [0, 0.05) is 48.2 Å². The van der Waals surface area contributed by atoms with Crippen molar-refractivity contribution in [1.82, 2.24) is 15.2 Å². The van der Waals surface area contributed by atoms with E-state index in [1.165, 1.54) is 35.0 Å². The Hall–Kier alpha value is -1.16. The van der Waals surface area contributed by atoms with Gasteiger partial charge in [-0.2, -0.15) is 0 Å². The average molecular weight is 302 g/mol. The lowest BCUT2D eigenvalue weighted by atomic mass is 9.96. The molecule has 0 bridgehead atoms. The van der Waals surface area contributed by atoms with Crippen molar-refractivity contribution >= 4 is 22.5 Å². The summed E-state index contributed by atoms with van der Waals surface area (Å²) in [5, 5.41) is 5.67. The van der Waals surface area contributed by atoms with Crippen molar-refractivity contribution in [2.45, 2.75) is 38.4 Å². The van der Waals surface area contributed by atoms with Crippen LogP contribution in [0.25, 0.3) is 10.9 Å². The quantitative estimate of drug-likeness (QED) is 0.944. The third kappa shape index (κ3) is 2.66. The number of benzene rings is 1. The van der Waals surface area contributed by atoms with Gasteiger partial charge in [-0.25, -0.2) is 0 Å². The summed E-state index contributed by atoms with van der Waals surface area (Å²) >= 11 is 6.22. The number of nitrogens with zero attached hydrogens (tertiary/aromatic N) is 2. The van der Waals surface area contributed by atoms with E-state index in [4.69, 9.17) is 16.6 Å². The van der Waals surface area contributed by atoms with Gasteiger partial charge in [0.25, 0.3) is 0 Å². The van der Waals surface area contributed by atoms with Crippen molar-refractivity contribution in [2.24, 2.45) is 0 Å². The molecule has 1 aliphatic carbocycles. The van der Waals surface area contributed by atoms with Gasteiger partial charge in [0.2, 0.25) is 0 Å². The zero-order valence-electron chi connectivity index (χ0n) is 12.3. The molecule has 21 heavy (non-hydrogen) atoms. The molecule has 4 heteroatoms. The van der Waals surface area contributed by atoms with Crippen molar-refractivity contribution < 1.29 is 0 Å². The maximum atomic E-state index is 6.22. The van der Waals surface area contributed by atoms with E-state index in [-0.39, 0.29) is 0 Å². The maximum absolute atomic E-state index is 6.22. The molecule has 1 aromatic carbocycles. The van der Waals surface area contributed by atoms with E-state index in [0.29, 0.717) is 6.04 Å². The van der Waals surface area contributed by atoms with E-state index in [2.05, 4.69) is 29.4 Å². The van der Waals surface area contributed by atoms with Gasteiger partial charge in [-0.05, 0) is 49.2 Å². The molecule has 0 atom stereocenters. The minimum absolute atomic E-state index is 0.712. The molecule has 0 unspecified atom stereocenters. The van der Waals surface area contributed by atoms with Crippen LogP contribution in [0.4, 0.5) is 0 Å². The molecule has 2 aromatic rings. The van der Waals surface area contributed by atoms with E-state index in [1.54, 1.807) is 0 Å². The highest BCUT2D eigenvalue weighted by Crippen LogP contribution is 2.30. The predicted molar refractivity (Wildman–Crippen MR) is 86.7 cm³/mol. The number of halogens is 1. The second kappa shape index (κ2) is 5.24. The predicted octanol–water partition coefficient (Wildman–Crippen LogP) is 3.13. The van der Waals surface area contributed by atoms with Crippen LogP contribution in [0.15, 0.2) is 18.2 Å². The van der Waals surface area contributed by atoms with E-state index in [1.807, 2.05) is 6.07 Å². The number of rotatable bonds is 3. The van der Waals surface area contributed by atoms with Crippen LogP contribution in [0.1, 0.15) is 29.7 Å². The number of pyridine rings is 1. The lowest BCUT2D eigenvalue weighted by Crippen LogP contribution is -2.29. The number of aromatic nitrogens is 1. The fourth-order valence-electron chi connectivity index (χ4n) is 3.17. The van der Waals surface area contributed by atoms with Crippen molar-refractivity contribution in [2.75, 3.05) is 13.6 Å². The molecule has 1 N–H and O–H groups in total. The number of fused-ring (bicyclic) bond motifs is 2. The lowest BCUT2D eigenvalue weighted by molar-refractivity contribution is 0.308. The lowest BCUT2D eigenvalue weighted by Gasteiger charge is -2.27. The van der Waals surface area contributed by atoms with Gasteiger partial charge in [-0.3, -0.25) is 4.98 Å². The average Bonchev–Trinajstić information content (AvgIpc) is 3.28. The molecular weight excluding hydrogens is 282 g/mol. The van der Waals surface area contributed by atoms with Gasteiger partial charge in [0.1, 0.15) is 0 Å². The van der Waals surface area contributed by atoms with Crippen LogP contribution < -0.4 is 5.32 Å². The Morgan fingerprint density at radius 1 is 1.38 bits per heavy atom.